The molecule has 24 heavy (non-hydrogen) atoms. The van der Waals surface area contributed by atoms with Crippen molar-refractivity contribution in [2.45, 2.75) is 57.0 Å². The maximum absolute atomic E-state index is 12.4. The van der Waals surface area contributed by atoms with E-state index in [0.717, 1.165) is 44.1 Å². The molecule has 0 aromatic heterocycles. The van der Waals surface area contributed by atoms with Crippen molar-refractivity contribution in [3.8, 4) is 11.8 Å². The third kappa shape index (κ3) is 4.72. The van der Waals surface area contributed by atoms with Gasteiger partial charge in [0.2, 0.25) is 5.91 Å². The van der Waals surface area contributed by atoms with Gasteiger partial charge < -0.3 is 10.4 Å². The molecule has 0 aliphatic heterocycles. The molecule has 5 heteroatoms. The minimum atomic E-state index is -0.706. The molecule has 130 valence electrons. The number of nitriles is 1. The van der Waals surface area contributed by atoms with Gasteiger partial charge in [0.25, 0.3) is 0 Å². The summed E-state index contributed by atoms with van der Waals surface area (Å²) >= 11 is 0. The number of phenols is 1. The van der Waals surface area contributed by atoms with Gasteiger partial charge in [0.1, 0.15) is 11.3 Å². The Hall–Kier alpha value is -2.06. The lowest BCUT2D eigenvalue weighted by molar-refractivity contribution is -0.123. The molecule has 0 heterocycles. The van der Waals surface area contributed by atoms with Crippen LogP contribution in [-0.2, 0) is 4.79 Å². The number of amides is 1. The minimum Gasteiger partial charge on any atom is -0.508 e. The molecule has 1 aliphatic carbocycles. The first kappa shape index (κ1) is 18.3. The van der Waals surface area contributed by atoms with Crippen LogP contribution < -0.4 is 5.32 Å². The van der Waals surface area contributed by atoms with Gasteiger partial charge in [-0.25, -0.2) is 0 Å². The Kier molecular flexibility index (Phi) is 6.22. The molecular formula is C19H27N3O2. The van der Waals surface area contributed by atoms with Crippen LogP contribution in [0.25, 0.3) is 0 Å². The molecule has 0 spiro atoms. The van der Waals surface area contributed by atoms with E-state index in [1.54, 1.807) is 18.2 Å². The zero-order chi connectivity index (χ0) is 17.6. The highest BCUT2D eigenvalue weighted by molar-refractivity contribution is 5.79. The zero-order valence-corrected chi connectivity index (χ0v) is 14.6. The second-order valence-corrected chi connectivity index (χ2v) is 6.84. The monoisotopic (exact) mass is 329 g/mol. The van der Waals surface area contributed by atoms with E-state index in [-0.39, 0.29) is 24.2 Å². The number of phenolic OH excluding ortho intramolecular Hbond substituents is 1. The molecule has 1 fully saturated rings. The van der Waals surface area contributed by atoms with Crippen LogP contribution in [0.2, 0.25) is 0 Å². The summed E-state index contributed by atoms with van der Waals surface area (Å²) < 4.78 is 0. The van der Waals surface area contributed by atoms with E-state index in [4.69, 9.17) is 0 Å². The molecule has 1 saturated carbocycles. The molecule has 5 nitrogen and oxygen atoms in total. The van der Waals surface area contributed by atoms with Crippen molar-refractivity contribution in [1.29, 1.82) is 5.26 Å². The van der Waals surface area contributed by atoms with Crippen LogP contribution in [0.5, 0.6) is 5.75 Å². The van der Waals surface area contributed by atoms with Gasteiger partial charge in [-0.15, -0.1) is 0 Å². The van der Waals surface area contributed by atoms with Crippen LogP contribution in [0.4, 0.5) is 0 Å². The van der Waals surface area contributed by atoms with Crippen molar-refractivity contribution >= 4 is 5.91 Å². The number of rotatable bonds is 5. The molecule has 2 N–H and O–H groups in total. The number of likely N-dealkylation sites (N-methyl/N-ethyl adjacent to an activating group) is 1. The zero-order valence-electron chi connectivity index (χ0n) is 14.6. The fraction of sp³-hybridized carbons (Fsp3) is 0.579. The average molecular weight is 329 g/mol. The number of carbonyl (C=O) groups excluding carboxylic acids is 1. The number of benzene rings is 1. The summed E-state index contributed by atoms with van der Waals surface area (Å²) in [6, 6.07) is 9.41. The lowest BCUT2D eigenvalue weighted by Gasteiger charge is -2.29. The molecule has 1 aromatic rings. The number of carbonyl (C=O) groups is 1. The molecule has 1 aromatic carbocycles. The largest absolute Gasteiger partial charge is 0.508 e. The number of nitrogens with zero attached hydrogens (tertiary/aromatic N) is 2. The van der Waals surface area contributed by atoms with Crippen LogP contribution >= 0.6 is 0 Å². The third-order valence-corrected chi connectivity index (χ3v) is 4.96. The van der Waals surface area contributed by atoms with E-state index < -0.39 is 5.54 Å². The Labute approximate surface area is 144 Å². The predicted molar refractivity (Wildman–Crippen MR) is 93.3 cm³/mol. The highest BCUT2D eigenvalue weighted by atomic mass is 16.3. The summed E-state index contributed by atoms with van der Waals surface area (Å²) in [7, 11) is 1.88. The number of hydrogen-bond donors (Lipinski definition) is 2. The fourth-order valence-electron chi connectivity index (χ4n) is 3.31. The van der Waals surface area contributed by atoms with Crippen LogP contribution in [0.1, 0.15) is 57.1 Å². The summed E-state index contributed by atoms with van der Waals surface area (Å²) in [5.74, 6) is 0.104. The minimum absolute atomic E-state index is 0.00461. The second kappa shape index (κ2) is 8.16. The Bertz CT molecular complexity index is 601. The maximum atomic E-state index is 12.4. The summed E-state index contributed by atoms with van der Waals surface area (Å²) in [5, 5.41) is 22.1. The van der Waals surface area contributed by atoms with Gasteiger partial charge in [0.15, 0.2) is 0 Å². The predicted octanol–water partition coefficient (Wildman–Crippen LogP) is 3.12. The van der Waals surface area contributed by atoms with Gasteiger partial charge in [-0.2, -0.15) is 5.26 Å². The SMILES string of the molecule is C[C@@H](c1cccc(O)c1)N(C)CC(=O)NC1(C#N)CCCCCC1. The highest BCUT2D eigenvalue weighted by Crippen LogP contribution is 2.27. The number of nitrogens with one attached hydrogen (secondary N) is 1. The van der Waals surface area contributed by atoms with Crippen molar-refractivity contribution in [3.63, 3.8) is 0 Å². The Balaban J connectivity index is 1.96. The van der Waals surface area contributed by atoms with Gasteiger partial charge in [-0.1, -0.05) is 37.8 Å². The number of aromatic hydroxyl groups is 1. The van der Waals surface area contributed by atoms with E-state index in [1.165, 1.54) is 0 Å². The Morgan fingerprint density at radius 2 is 2.04 bits per heavy atom. The van der Waals surface area contributed by atoms with Crippen LogP contribution in [0, 0.1) is 11.3 Å². The van der Waals surface area contributed by atoms with Crippen LogP contribution in [0.3, 0.4) is 0 Å². The topological polar surface area (TPSA) is 76.4 Å². The van der Waals surface area contributed by atoms with Gasteiger partial charge in [0.05, 0.1) is 12.6 Å². The molecule has 1 aliphatic rings. The first-order valence-corrected chi connectivity index (χ1v) is 8.67. The van der Waals surface area contributed by atoms with Crippen molar-refractivity contribution in [3.05, 3.63) is 29.8 Å². The first-order valence-electron chi connectivity index (χ1n) is 8.67. The normalized spacial score (nSPS) is 18.4. The third-order valence-electron chi connectivity index (χ3n) is 4.96. The molecule has 0 radical (unpaired) electrons. The van der Waals surface area contributed by atoms with Gasteiger partial charge >= 0.3 is 0 Å². The van der Waals surface area contributed by atoms with Crippen LogP contribution in [0.15, 0.2) is 24.3 Å². The van der Waals surface area contributed by atoms with E-state index in [9.17, 15) is 15.2 Å². The van der Waals surface area contributed by atoms with Gasteiger partial charge in [-0.05, 0) is 44.5 Å². The maximum Gasteiger partial charge on any atom is 0.235 e. The van der Waals surface area contributed by atoms with E-state index in [1.807, 2.05) is 24.9 Å². The average Bonchev–Trinajstić information content (AvgIpc) is 2.80. The van der Waals surface area contributed by atoms with Crippen molar-refractivity contribution in [1.82, 2.24) is 10.2 Å². The van der Waals surface area contributed by atoms with Gasteiger partial charge in [-0.3, -0.25) is 9.69 Å². The van der Waals surface area contributed by atoms with E-state index >= 15 is 0 Å². The highest BCUT2D eigenvalue weighted by Gasteiger charge is 2.32. The van der Waals surface area contributed by atoms with Crippen molar-refractivity contribution in [2.24, 2.45) is 0 Å². The summed E-state index contributed by atoms with van der Waals surface area (Å²) in [4.78, 5) is 14.4. The standard InChI is InChI=1S/C19H27N3O2/c1-15(16-8-7-9-17(23)12-16)22(2)13-18(24)21-19(14-20)10-5-3-4-6-11-19/h7-9,12,15,23H,3-6,10-11,13H2,1-2H3,(H,21,24)/t15-/m0/s1. The molecule has 0 bridgehead atoms. The molecule has 2 rings (SSSR count). The lowest BCUT2D eigenvalue weighted by atomic mass is 9.92. The molecule has 0 unspecified atom stereocenters. The summed E-state index contributed by atoms with van der Waals surface area (Å²) in [6.45, 7) is 2.22. The second-order valence-electron chi connectivity index (χ2n) is 6.84. The Morgan fingerprint density at radius 1 is 1.38 bits per heavy atom. The first-order chi connectivity index (χ1) is 11.5. The molecule has 0 saturated heterocycles. The fourth-order valence-corrected chi connectivity index (χ4v) is 3.31. The molecule has 1 atom stereocenters. The van der Waals surface area contributed by atoms with Crippen LogP contribution in [-0.4, -0.2) is 35.0 Å². The van der Waals surface area contributed by atoms with Crippen molar-refractivity contribution in [2.75, 3.05) is 13.6 Å². The van der Waals surface area contributed by atoms with E-state index in [0.29, 0.717) is 0 Å². The number of hydrogen-bond acceptors (Lipinski definition) is 4. The van der Waals surface area contributed by atoms with Crippen molar-refractivity contribution < 1.29 is 9.90 Å². The quantitative estimate of drug-likeness (QED) is 0.814. The Morgan fingerprint density at radius 3 is 2.62 bits per heavy atom. The summed E-state index contributed by atoms with van der Waals surface area (Å²) in [5.41, 5.74) is 0.248. The van der Waals surface area contributed by atoms with E-state index in [2.05, 4.69) is 11.4 Å². The summed E-state index contributed by atoms with van der Waals surface area (Å²) in [6.07, 6.45) is 5.72. The van der Waals surface area contributed by atoms with Gasteiger partial charge in [0, 0.05) is 6.04 Å². The molecule has 1 amide bonds. The smallest absolute Gasteiger partial charge is 0.235 e. The molecular weight excluding hydrogens is 302 g/mol. The lowest BCUT2D eigenvalue weighted by Crippen LogP contribution is -2.50.